The predicted molar refractivity (Wildman–Crippen MR) is 51.8 cm³/mol. The fourth-order valence-corrected chi connectivity index (χ4v) is 1.89. The smallest absolute Gasteiger partial charge is 0.146 e. The Labute approximate surface area is 85.8 Å². The van der Waals surface area contributed by atoms with Crippen LogP contribution in [0.2, 0.25) is 10.0 Å². The van der Waals surface area contributed by atoms with Crippen LogP contribution in [0.5, 0.6) is 0 Å². The van der Waals surface area contributed by atoms with Crippen LogP contribution in [0, 0.1) is 5.82 Å². The van der Waals surface area contributed by atoms with Crippen LogP contribution in [-0.4, -0.2) is 6.54 Å². The molecule has 1 aliphatic heterocycles. The highest BCUT2D eigenvalue weighted by Gasteiger charge is 2.23. The second kappa shape index (κ2) is 3.45. The van der Waals surface area contributed by atoms with Gasteiger partial charge in [-0.05, 0) is 25.1 Å². The molecule has 4 heteroatoms. The van der Waals surface area contributed by atoms with Crippen molar-refractivity contribution in [2.45, 2.75) is 12.5 Å². The van der Waals surface area contributed by atoms with Gasteiger partial charge in [0.15, 0.2) is 0 Å². The maximum absolute atomic E-state index is 13.4. The number of hydrogen-bond acceptors (Lipinski definition) is 1. The summed E-state index contributed by atoms with van der Waals surface area (Å²) in [5.41, 5.74) is 0.573. The molecule has 1 nitrogen and oxygen atoms in total. The van der Waals surface area contributed by atoms with Crippen molar-refractivity contribution >= 4 is 23.2 Å². The number of nitrogens with one attached hydrogen (secondary N) is 1. The van der Waals surface area contributed by atoms with Gasteiger partial charge in [-0.3, -0.25) is 0 Å². The van der Waals surface area contributed by atoms with E-state index in [-0.39, 0.29) is 16.9 Å². The van der Waals surface area contributed by atoms with Crippen LogP contribution >= 0.6 is 23.2 Å². The summed E-state index contributed by atoms with van der Waals surface area (Å²) < 4.78 is 13.4. The lowest BCUT2D eigenvalue weighted by molar-refractivity contribution is 0.370. The Kier molecular flexibility index (Phi) is 2.45. The van der Waals surface area contributed by atoms with Crippen molar-refractivity contribution in [3.8, 4) is 0 Å². The summed E-state index contributed by atoms with van der Waals surface area (Å²) in [4.78, 5) is 0. The van der Waals surface area contributed by atoms with E-state index >= 15 is 0 Å². The zero-order chi connectivity index (χ0) is 9.42. The molecule has 1 heterocycles. The Morgan fingerprint density at radius 2 is 2.08 bits per heavy atom. The minimum absolute atomic E-state index is 0.0798. The number of benzene rings is 1. The summed E-state index contributed by atoms with van der Waals surface area (Å²) in [7, 11) is 0. The number of halogens is 3. The van der Waals surface area contributed by atoms with Gasteiger partial charge in [-0.1, -0.05) is 23.2 Å². The van der Waals surface area contributed by atoms with E-state index in [9.17, 15) is 4.39 Å². The summed E-state index contributed by atoms with van der Waals surface area (Å²) in [6.07, 6.45) is 0.938. The van der Waals surface area contributed by atoms with Gasteiger partial charge in [-0.25, -0.2) is 4.39 Å². The molecule has 13 heavy (non-hydrogen) atoms. The van der Waals surface area contributed by atoms with Gasteiger partial charge in [0, 0.05) is 16.6 Å². The fourth-order valence-electron chi connectivity index (χ4n) is 1.38. The average molecular weight is 220 g/mol. The first kappa shape index (κ1) is 9.25. The predicted octanol–water partition coefficient (Wildman–Crippen LogP) is 3.17. The highest BCUT2D eigenvalue weighted by molar-refractivity contribution is 6.34. The molecule has 1 N–H and O–H groups in total. The van der Waals surface area contributed by atoms with Crippen LogP contribution in [0.15, 0.2) is 12.1 Å². The molecular formula is C9H8Cl2FN. The third kappa shape index (κ3) is 1.66. The molecule has 2 rings (SSSR count). The van der Waals surface area contributed by atoms with Gasteiger partial charge in [0.05, 0.1) is 5.02 Å². The molecule has 0 bridgehead atoms. The van der Waals surface area contributed by atoms with Crippen LogP contribution in [0.3, 0.4) is 0 Å². The SMILES string of the molecule is Fc1c(Cl)cc(Cl)cc1C1CCN1. The first-order valence-corrected chi connectivity index (χ1v) is 4.82. The molecule has 70 valence electrons. The Morgan fingerprint density at radius 1 is 1.38 bits per heavy atom. The Bertz CT molecular complexity index is 337. The van der Waals surface area contributed by atoms with Crippen molar-refractivity contribution in [1.82, 2.24) is 5.32 Å². The number of rotatable bonds is 1. The van der Waals surface area contributed by atoms with Gasteiger partial charge in [0.2, 0.25) is 0 Å². The lowest BCUT2D eigenvalue weighted by atomic mass is 9.97. The van der Waals surface area contributed by atoms with Crippen molar-refractivity contribution in [2.75, 3.05) is 6.54 Å². The molecule has 0 aromatic heterocycles. The third-order valence-electron chi connectivity index (χ3n) is 2.22. The molecule has 0 spiro atoms. The van der Waals surface area contributed by atoms with E-state index in [1.807, 2.05) is 0 Å². The highest BCUT2D eigenvalue weighted by atomic mass is 35.5. The molecular weight excluding hydrogens is 212 g/mol. The van der Waals surface area contributed by atoms with E-state index in [0.717, 1.165) is 13.0 Å². The Balaban J connectivity index is 2.42. The van der Waals surface area contributed by atoms with Crippen LogP contribution in [0.4, 0.5) is 4.39 Å². The van der Waals surface area contributed by atoms with E-state index in [2.05, 4.69) is 5.32 Å². The molecule has 1 fully saturated rings. The largest absolute Gasteiger partial charge is 0.310 e. The summed E-state index contributed by atoms with van der Waals surface area (Å²) >= 11 is 11.4. The first-order valence-electron chi connectivity index (χ1n) is 4.06. The average Bonchev–Trinajstić information content (AvgIpc) is 1.95. The van der Waals surface area contributed by atoms with Crippen LogP contribution in [-0.2, 0) is 0 Å². The maximum Gasteiger partial charge on any atom is 0.146 e. The Hall–Kier alpha value is -0.310. The van der Waals surface area contributed by atoms with Crippen LogP contribution in [0.25, 0.3) is 0 Å². The fraction of sp³-hybridized carbons (Fsp3) is 0.333. The van der Waals surface area contributed by atoms with Crippen molar-refractivity contribution < 1.29 is 4.39 Å². The third-order valence-corrected chi connectivity index (χ3v) is 2.71. The molecule has 0 saturated carbocycles. The van der Waals surface area contributed by atoms with Gasteiger partial charge in [-0.15, -0.1) is 0 Å². The molecule has 1 unspecified atom stereocenters. The highest BCUT2D eigenvalue weighted by Crippen LogP contribution is 2.31. The quantitative estimate of drug-likeness (QED) is 0.716. The standard InChI is InChI=1S/C9H8Cl2FN/c10-5-3-6(8-1-2-13-8)9(12)7(11)4-5/h3-4,8,13H,1-2H2. The van der Waals surface area contributed by atoms with E-state index < -0.39 is 0 Å². The summed E-state index contributed by atoms with van der Waals surface area (Å²) in [5.74, 6) is -0.358. The number of hydrogen-bond donors (Lipinski definition) is 1. The van der Waals surface area contributed by atoms with E-state index in [0.29, 0.717) is 10.6 Å². The summed E-state index contributed by atoms with van der Waals surface area (Å²) in [6.45, 7) is 0.925. The van der Waals surface area contributed by atoms with Crippen molar-refractivity contribution in [3.63, 3.8) is 0 Å². The van der Waals surface area contributed by atoms with Gasteiger partial charge < -0.3 is 5.32 Å². The molecule has 1 saturated heterocycles. The topological polar surface area (TPSA) is 12.0 Å². The van der Waals surface area contributed by atoms with Gasteiger partial charge in [0.25, 0.3) is 0 Å². The molecule has 1 aliphatic rings. The minimum Gasteiger partial charge on any atom is -0.310 e. The van der Waals surface area contributed by atoms with E-state index in [4.69, 9.17) is 23.2 Å². The summed E-state index contributed by atoms with van der Waals surface area (Å²) in [5, 5.41) is 3.68. The first-order chi connectivity index (χ1) is 6.18. The summed E-state index contributed by atoms with van der Waals surface area (Å²) in [6, 6.07) is 3.12. The molecule has 0 aliphatic carbocycles. The normalized spacial score (nSPS) is 21.3. The zero-order valence-corrected chi connectivity index (χ0v) is 8.29. The zero-order valence-electron chi connectivity index (χ0n) is 6.78. The van der Waals surface area contributed by atoms with Gasteiger partial charge >= 0.3 is 0 Å². The van der Waals surface area contributed by atoms with Crippen molar-refractivity contribution in [2.24, 2.45) is 0 Å². The monoisotopic (exact) mass is 219 g/mol. The van der Waals surface area contributed by atoms with Gasteiger partial charge in [-0.2, -0.15) is 0 Å². The molecule has 1 atom stereocenters. The Morgan fingerprint density at radius 3 is 2.62 bits per heavy atom. The van der Waals surface area contributed by atoms with E-state index in [1.165, 1.54) is 6.07 Å². The molecule has 0 amide bonds. The van der Waals surface area contributed by atoms with Crippen LogP contribution < -0.4 is 5.32 Å². The lowest BCUT2D eigenvalue weighted by Gasteiger charge is -2.28. The second-order valence-corrected chi connectivity index (χ2v) is 3.93. The van der Waals surface area contributed by atoms with E-state index in [1.54, 1.807) is 6.07 Å². The van der Waals surface area contributed by atoms with Crippen molar-refractivity contribution in [3.05, 3.63) is 33.6 Å². The minimum atomic E-state index is -0.358. The van der Waals surface area contributed by atoms with Gasteiger partial charge in [0.1, 0.15) is 5.82 Å². The van der Waals surface area contributed by atoms with Crippen molar-refractivity contribution in [1.29, 1.82) is 0 Å². The maximum atomic E-state index is 13.4. The molecule has 0 radical (unpaired) electrons. The molecule has 1 aromatic carbocycles. The second-order valence-electron chi connectivity index (χ2n) is 3.09. The lowest BCUT2D eigenvalue weighted by Crippen LogP contribution is -2.35. The van der Waals surface area contributed by atoms with Crippen LogP contribution in [0.1, 0.15) is 18.0 Å². The molecule has 1 aromatic rings.